The summed E-state index contributed by atoms with van der Waals surface area (Å²) < 4.78 is 5.39. The van der Waals surface area contributed by atoms with Gasteiger partial charge >= 0.3 is 0 Å². The molecule has 0 aliphatic carbocycles. The van der Waals surface area contributed by atoms with Crippen molar-refractivity contribution in [3.63, 3.8) is 0 Å². The van der Waals surface area contributed by atoms with E-state index in [0.717, 1.165) is 32.5 Å². The Morgan fingerprint density at radius 2 is 2.21 bits per heavy atom. The maximum absolute atomic E-state index is 9.12. The summed E-state index contributed by atoms with van der Waals surface area (Å²) in [6.07, 6.45) is 3.26. The van der Waals surface area contributed by atoms with Crippen LogP contribution in [0.3, 0.4) is 0 Å². The van der Waals surface area contributed by atoms with E-state index in [4.69, 9.17) is 9.84 Å². The molecule has 1 aliphatic rings. The van der Waals surface area contributed by atoms with Crippen molar-refractivity contribution in [2.75, 3.05) is 19.8 Å². The first-order chi connectivity index (χ1) is 6.81. The van der Waals surface area contributed by atoms with E-state index in [1.54, 1.807) is 0 Å². The number of hydrogen-bond acceptors (Lipinski definition) is 3. The van der Waals surface area contributed by atoms with Crippen LogP contribution in [0.5, 0.6) is 0 Å². The molecule has 3 nitrogen and oxygen atoms in total. The van der Waals surface area contributed by atoms with Crippen LogP contribution >= 0.6 is 0 Å². The summed E-state index contributed by atoms with van der Waals surface area (Å²) in [5, 5.41) is 12.6. The van der Waals surface area contributed by atoms with Crippen LogP contribution in [0.25, 0.3) is 0 Å². The quantitative estimate of drug-likeness (QED) is 0.677. The number of aliphatic hydroxyl groups is 1. The summed E-state index contributed by atoms with van der Waals surface area (Å²) in [5.74, 6) is 0.639. The van der Waals surface area contributed by atoms with Crippen molar-refractivity contribution in [1.29, 1.82) is 0 Å². The predicted octanol–water partition coefficient (Wildman–Crippen LogP) is 1.16. The van der Waals surface area contributed by atoms with Gasteiger partial charge in [-0.05, 0) is 25.2 Å². The van der Waals surface area contributed by atoms with Crippen molar-refractivity contribution in [2.45, 2.75) is 45.2 Å². The average molecular weight is 201 g/mol. The fraction of sp³-hybridized carbons (Fsp3) is 1.00. The number of ether oxygens (including phenoxy) is 1. The molecule has 0 aromatic rings. The molecule has 1 fully saturated rings. The molecular formula is C11H23NO2. The molecule has 0 aromatic carbocycles. The van der Waals surface area contributed by atoms with Crippen molar-refractivity contribution < 1.29 is 9.84 Å². The largest absolute Gasteiger partial charge is 0.395 e. The predicted molar refractivity (Wildman–Crippen MR) is 57.3 cm³/mol. The van der Waals surface area contributed by atoms with Crippen LogP contribution in [-0.2, 0) is 4.74 Å². The standard InChI is InChI=1S/C11H23NO2/c1-3-10(7-13)12-11(4-2)9-5-6-14-8-9/h9-13H,3-8H2,1-2H3/t9?,10-,11?/m1/s1. The molecule has 3 heteroatoms. The Morgan fingerprint density at radius 3 is 2.64 bits per heavy atom. The molecule has 0 amide bonds. The molecule has 2 N–H and O–H groups in total. The summed E-state index contributed by atoms with van der Waals surface area (Å²) >= 11 is 0. The minimum absolute atomic E-state index is 0.237. The van der Waals surface area contributed by atoms with Crippen molar-refractivity contribution in [1.82, 2.24) is 5.32 Å². The van der Waals surface area contributed by atoms with Gasteiger partial charge in [-0.3, -0.25) is 0 Å². The number of hydrogen-bond donors (Lipinski definition) is 2. The van der Waals surface area contributed by atoms with Gasteiger partial charge in [0.05, 0.1) is 13.2 Å². The number of aliphatic hydroxyl groups excluding tert-OH is 1. The molecule has 1 rings (SSSR count). The summed E-state index contributed by atoms with van der Waals surface area (Å²) in [6, 6.07) is 0.759. The van der Waals surface area contributed by atoms with E-state index in [9.17, 15) is 0 Å². The van der Waals surface area contributed by atoms with Crippen molar-refractivity contribution in [3.8, 4) is 0 Å². The number of rotatable bonds is 6. The molecule has 1 saturated heterocycles. The summed E-state index contributed by atoms with van der Waals surface area (Å²) in [4.78, 5) is 0. The van der Waals surface area contributed by atoms with Gasteiger partial charge in [0.25, 0.3) is 0 Å². The summed E-state index contributed by atoms with van der Waals surface area (Å²) in [6.45, 7) is 6.32. The molecule has 2 unspecified atom stereocenters. The first-order valence-electron chi connectivity index (χ1n) is 5.76. The topological polar surface area (TPSA) is 41.5 Å². The summed E-state index contributed by atoms with van der Waals surface area (Å²) in [7, 11) is 0. The molecule has 1 heterocycles. The third-order valence-corrected chi connectivity index (χ3v) is 3.14. The minimum atomic E-state index is 0.237. The zero-order valence-corrected chi connectivity index (χ0v) is 9.33. The normalized spacial score (nSPS) is 26.4. The second kappa shape index (κ2) is 6.38. The lowest BCUT2D eigenvalue weighted by Gasteiger charge is -2.26. The van der Waals surface area contributed by atoms with Gasteiger partial charge in [0.1, 0.15) is 0 Å². The molecule has 14 heavy (non-hydrogen) atoms. The first kappa shape index (κ1) is 12.0. The fourth-order valence-corrected chi connectivity index (χ4v) is 2.06. The van der Waals surface area contributed by atoms with Gasteiger partial charge in [0.15, 0.2) is 0 Å². The summed E-state index contributed by atoms with van der Waals surface area (Å²) in [5.41, 5.74) is 0. The monoisotopic (exact) mass is 201 g/mol. The third kappa shape index (κ3) is 3.23. The lowest BCUT2D eigenvalue weighted by molar-refractivity contribution is 0.165. The lowest BCUT2D eigenvalue weighted by Crippen LogP contribution is -2.44. The van der Waals surface area contributed by atoms with Gasteiger partial charge in [0.2, 0.25) is 0 Å². The van der Waals surface area contributed by atoms with Gasteiger partial charge in [-0.2, -0.15) is 0 Å². The zero-order chi connectivity index (χ0) is 10.4. The van der Waals surface area contributed by atoms with Crippen LogP contribution in [-0.4, -0.2) is 37.0 Å². The van der Waals surface area contributed by atoms with Crippen molar-refractivity contribution in [2.24, 2.45) is 5.92 Å². The highest BCUT2D eigenvalue weighted by atomic mass is 16.5. The van der Waals surface area contributed by atoms with E-state index in [2.05, 4.69) is 19.2 Å². The second-order valence-electron chi connectivity index (χ2n) is 4.09. The van der Waals surface area contributed by atoms with Gasteiger partial charge in [-0.1, -0.05) is 13.8 Å². The van der Waals surface area contributed by atoms with E-state index in [1.165, 1.54) is 0 Å². The highest BCUT2D eigenvalue weighted by molar-refractivity contribution is 4.81. The van der Waals surface area contributed by atoms with E-state index in [0.29, 0.717) is 12.0 Å². The fourth-order valence-electron chi connectivity index (χ4n) is 2.06. The van der Waals surface area contributed by atoms with Gasteiger partial charge < -0.3 is 15.2 Å². The minimum Gasteiger partial charge on any atom is -0.395 e. The highest BCUT2D eigenvalue weighted by Crippen LogP contribution is 2.19. The molecular weight excluding hydrogens is 178 g/mol. The molecule has 3 atom stereocenters. The van der Waals surface area contributed by atoms with Crippen LogP contribution in [0, 0.1) is 5.92 Å². The SMILES string of the molecule is CCC(N[C@H](CC)CO)C1CCOC1. The Morgan fingerprint density at radius 1 is 1.43 bits per heavy atom. The van der Waals surface area contributed by atoms with E-state index in [1.807, 2.05) is 0 Å². The molecule has 0 aromatic heterocycles. The van der Waals surface area contributed by atoms with Crippen LogP contribution in [0.2, 0.25) is 0 Å². The van der Waals surface area contributed by atoms with Crippen LogP contribution in [0.1, 0.15) is 33.1 Å². The van der Waals surface area contributed by atoms with Gasteiger partial charge in [0, 0.05) is 18.7 Å². The average Bonchev–Trinajstić information content (AvgIpc) is 2.73. The van der Waals surface area contributed by atoms with E-state index >= 15 is 0 Å². The van der Waals surface area contributed by atoms with Gasteiger partial charge in [-0.15, -0.1) is 0 Å². The maximum atomic E-state index is 9.12. The maximum Gasteiger partial charge on any atom is 0.0584 e. The lowest BCUT2D eigenvalue weighted by atomic mass is 9.96. The number of nitrogens with one attached hydrogen (secondary N) is 1. The molecule has 0 bridgehead atoms. The highest BCUT2D eigenvalue weighted by Gasteiger charge is 2.25. The molecule has 1 aliphatic heterocycles. The molecule has 0 saturated carbocycles. The molecule has 0 radical (unpaired) electrons. The first-order valence-corrected chi connectivity index (χ1v) is 5.76. The molecule has 84 valence electrons. The van der Waals surface area contributed by atoms with Crippen LogP contribution < -0.4 is 5.32 Å². The third-order valence-electron chi connectivity index (χ3n) is 3.14. The van der Waals surface area contributed by atoms with E-state index in [-0.39, 0.29) is 12.6 Å². The van der Waals surface area contributed by atoms with Crippen LogP contribution in [0.15, 0.2) is 0 Å². The van der Waals surface area contributed by atoms with Crippen molar-refractivity contribution in [3.05, 3.63) is 0 Å². The Hall–Kier alpha value is -0.120. The Kier molecular flexibility index (Phi) is 5.45. The smallest absolute Gasteiger partial charge is 0.0584 e. The van der Waals surface area contributed by atoms with Crippen molar-refractivity contribution >= 4 is 0 Å². The Bertz CT molecular complexity index is 142. The zero-order valence-electron chi connectivity index (χ0n) is 9.33. The van der Waals surface area contributed by atoms with E-state index < -0.39 is 0 Å². The second-order valence-corrected chi connectivity index (χ2v) is 4.09. The Labute approximate surface area is 86.8 Å². The van der Waals surface area contributed by atoms with Crippen LogP contribution in [0.4, 0.5) is 0 Å². The molecule has 0 spiro atoms. The Balaban J connectivity index is 2.36. The van der Waals surface area contributed by atoms with Gasteiger partial charge in [-0.25, -0.2) is 0 Å².